The second-order valence-electron chi connectivity index (χ2n) is 6.60. The summed E-state index contributed by atoms with van der Waals surface area (Å²) in [5.74, 6) is -0.395. The van der Waals surface area contributed by atoms with Crippen LogP contribution in [0.4, 0.5) is 0 Å². The average molecular weight is 370 g/mol. The van der Waals surface area contributed by atoms with Crippen molar-refractivity contribution in [1.82, 2.24) is 29.6 Å². The molecule has 0 unspecified atom stereocenters. The molecule has 9 nitrogen and oxygen atoms in total. The summed E-state index contributed by atoms with van der Waals surface area (Å²) >= 11 is 0. The number of fused-ring (bicyclic) bond motifs is 1. The standard InChI is InChI=1S/C18H22N6O3/c1-9-8-13(14-15(20-9)23(5)18(27)21-17(14)26)16(25)19-6-7-24-12(4)10(2)11(3)22-24/h8H,6-7H2,1-5H3,(H,19,25)(H,21,26,27). The Balaban J connectivity index is 1.90. The summed E-state index contributed by atoms with van der Waals surface area (Å²) in [6.45, 7) is 8.52. The van der Waals surface area contributed by atoms with Crippen LogP contribution in [0.15, 0.2) is 15.7 Å². The van der Waals surface area contributed by atoms with E-state index in [9.17, 15) is 14.4 Å². The van der Waals surface area contributed by atoms with Crippen LogP contribution < -0.4 is 16.6 Å². The summed E-state index contributed by atoms with van der Waals surface area (Å²) in [6, 6.07) is 1.55. The van der Waals surface area contributed by atoms with Gasteiger partial charge >= 0.3 is 5.69 Å². The minimum Gasteiger partial charge on any atom is -0.350 e. The Morgan fingerprint density at radius 2 is 1.93 bits per heavy atom. The first-order valence-corrected chi connectivity index (χ1v) is 8.60. The van der Waals surface area contributed by atoms with Gasteiger partial charge < -0.3 is 5.32 Å². The quantitative estimate of drug-likeness (QED) is 0.693. The van der Waals surface area contributed by atoms with Gasteiger partial charge in [0.05, 0.1) is 23.2 Å². The van der Waals surface area contributed by atoms with E-state index in [0.717, 1.165) is 17.0 Å². The van der Waals surface area contributed by atoms with Crippen LogP contribution in [-0.2, 0) is 13.6 Å². The lowest BCUT2D eigenvalue weighted by Gasteiger charge is -2.11. The van der Waals surface area contributed by atoms with Crippen LogP contribution in [0.25, 0.3) is 11.0 Å². The van der Waals surface area contributed by atoms with Gasteiger partial charge in [0.1, 0.15) is 5.65 Å². The molecule has 0 saturated carbocycles. The predicted molar refractivity (Wildman–Crippen MR) is 101 cm³/mol. The van der Waals surface area contributed by atoms with Crippen LogP contribution in [0.5, 0.6) is 0 Å². The number of nitrogens with zero attached hydrogens (tertiary/aromatic N) is 4. The molecular weight excluding hydrogens is 348 g/mol. The van der Waals surface area contributed by atoms with Crippen molar-refractivity contribution in [2.45, 2.75) is 34.2 Å². The van der Waals surface area contributed by atoms with E-state index in [-0.39, 0.29) is 16.6 Å². The molecule has 3 heterocycles. The monoisotopic (exact) mass is 370 g/mol. The molecule has 0 saturated heterocycles. The lowest BCUT2D eigenvalue weighted by Crippen LogP contribution is -2.33. The van der Waals surface area contributed by atoms with Crippen molar-refractivity contribution in [3.05, 3.63) is 55.1 Å². The van der Waals surface area contributed by atoms with Crippen molar-refractivity contribution in [3.8, 4) is 0 Å². The van der Waals surface area contributed by atoms with Crippen molar-refractivity contribution in [2.24, 2.45) is 7.05 Å². The molecule has 0 aliphatic rings. The van der Waals surface area contributed by atoms with E-state index in [2.05, 4.69) is 20.4 Å². The van der Waals surface area contributed by atoms with Crippen molar-refractivity contribution in [3.63, 3.8) is 0 Å². The molecule has 27 heavy (non-hydrogen) atoms. The van der Waals surface area contributed by atoms with Gasteiger partial charge in [-0.3, -0.25) is 23.8 Å². The van der Waals surface area contributed by atoms with Crippen LogP contribution in [-0.4, -0.2) is 36.8 Å². The average Bonchev–Trinajstić information content (AvgIpc) is 2.85. The maximum atomic E-state index is 12.7. The number of H-pyrrole nitrogens is 1. The van der Waals surface area contributed by atoms with Crippen LogP contribution in [0.1, 0.15) is 33.0 Å². The molecule has 9 heteroatoms. The zero-order valence-corrected chi connectivity index (χ0v) is 16.0. The Hall–Kier alpha value is -3.23. The Morgan fingerprint density at radius 1 is 1.22 bits per heavy atom. The van der Waals surface area contributed by atoms with Crippen LogP contribution >= 0.6 is 0 Å². The predicted octanol–water partition coefficient (Wildman–Crippen LogP) is 0.482. The number of pyridine rings is 1. The van der Waals surface area contributed by atoms with E-state index in [0.29, 0.717) is 18.8 Å². The first-order valence-electron chi connectivity index (χ1n) is 8.60. The molecule has 0 bridgehead atoms. The molecule has 0 atom stereocenters. The van der Waals surface area contributed by atoms with Crippen molar-refractivity contribution >= 4 is 16.9 Å². The highest BCUT2D eigenvalue weighted by molar-refractivity contribution is 6.05. The minimum absolute atomic E-state index is 0.0992. The number of aromatic nitrogens is 5. The number of aromatic amines is 1. The molecule has 3 aromatic rings. The third-order valence-corrected chi connectivity index (χ3v) is 4.80. The Labute approximate surface area is 155 Å². The fourth-order valence-corrected chi connectivity index (χ4v) is 3.02. The first kappa shape index (κ1) is 18.6. The van der Waals surface area contributed by atoms with Gasteiger partial charge in [-0.1, -0.05) is 0 Å². The topological polar surface area (TPSA) is 115 Å². The molecular formula is C18H22N6O3. The third kappa shape index (κ3) is 3.27. The number of carbonyl (C=O) groups is 1. The van der Waals surface area contributed by atoms with E-state index in [1.807, 2.05) is 25.5 Å². The fraction of sp³-hybridized carbons (Fsp3) is 0.389. The number of rotatable bonds is 4. The summed E-state index contributed by atoms with van der Waals surface area (Å²) < 4.78 is 3.07. The number of amides is 1. The summed E-state index contributed by atoms with van der Waals surface area (Å²) in [4.78, 5) is 43.2. The molecule has 0 aliphatic heterocycles. The summed E-state index contributed by atoms with van der Waals surface area (Å²) in [5.41, 5.74) is 2.87. The number of carbonyl (C=O) groups excluding carboxylic acids is 1. The smallest absolute Gasteiger partial charge is 0.329 e. The zero-order valence-electron chi connectivity index (χ0n) is 16.0. The van der Waals surface area contributed by atoms with Crippen molar-refractivity contribution < 1.29 is 4.79 Å². The molecule has 0 spiro atoms. The molecule has 0 radical (unpaired) electrons. The first-order chi connectivity index (χ1) is 12.7. The molecule has 2 N–H and O–H groups in total. The molecule has 142 valence electrons. The van der Waals surface area contributed by atoms with Gasteiger partial charge in [0, 0.05) is 25.0 Å². The van der Waals surface area contributed by atoms with Gasteiger partial charge in [-0.2, -0.15) is 5.10 Å². The number of hydrogen-bond acceptors (Lipinski definition) is 5. The summed E-state index contributed by atoms with van der Waals surface area (Å²) in [5, 5.41) is 7.36. The highest BCUT2D eigenvalue weighted by atomic mass is 16.2. The second kappa shape index (κ2) is 6.82. The molecule has 3 rings (SSSR count). The van der Waals surface area contributed by atoms with Gasteiger partial charge in [-0.15, -0.1) is 0 Å². The lowest BCUT2D eigenvalue weighted by molar-refractivity contribution is 0.0953. The van der Waals surface area contributed by atoms with Gasteiger partial charge in [-0.25, -0.2) is 9.78 Å². The number of aryl methyl sites for hydroxylation is 3. The number of nitrogens with one attached hydrogen (secondary N) is 2. The molecule has 0 aromatic carbocycles. The van der Waals surface area contributed by atoms with Crippen molar-refractivity contribution in [1.29, 1.82) is 0 Å². The third-order valence-electron chi connectivity index (χ3n) is 4.80. The van der Waals surface area contributed by atoms with Crippen LogP contribution in [0.2, 0.25) is 0 Å². The maximum Gasteiger partial charge on any atom is 0.329 e. The van der Waals surface area contributed by atoms with E-state index >= 15 is 0 Å². The van der Waals surface area contributed by atoms with Crippen LogP contribution in [0, 0.1) is 27.7 Å². The van der Waals surface area contributed by atoms with Gasteiger partial charge in [0.25, 0.3) is 11.5 Å². The summed E-state index contributed by atoms with van der Waals surface area (Å²) in [6.07, 6.45) is 0. The fourth-order valence-electron chi connectivity index (χ4n) is 3.02. The SMILES string of the molecule is Cc1cc(C(=O)NCCn2nc(C)c(C)c2C)c2c(=O)[nH]c(=O)n(C)c2n1. The Kier molecular flexibility index (Phi) is 4.69. The van der Waals surface area contributed by atoms with Crippen LogP contribution in [0.3, 0.4) is 0 Å². The largest absolute Gasteiger partial charge is 0.350 e. The summed E-state index contributed by atoms with van der Waals surface area (Å²) in [7, 11) is 1.50. The second-order valence-corrected chi connectivity index (χ2v) is 6.60. The van der Waals surface area contributed by atoms with E-state index in [1.54, 1.807) is 13.0 Å². The van der Waals surface area contributed by atoms with Gasteiger partial charge in [-0.05, 0) is 39.3 Å². The maximum absolute atomic E-state index is 12.7. The normalized spacial score (nSPS) is 11.1. The molecule has 1 amide bonds. The highest BCUT2D eigenvalue weighted by Crippen LogP contribution is 2.13. The lowest BCUT2D eigenvalue weighted by atomic mass is 10.1. The number of hydrogen-bond donors (Lipinski definition) is 2. The van der Waals surface area contributed by atoms with E-state index < -0.39 is 17.2 Å². The van der Waals surface area contributed by atoms with Gasteiger partial charge in [0.15, 0.2) is 0 Å². The minimum atomic E-state index is -0.625. The van der Waals surface area contributed by atoms with E-state index in [1.165, 1.54) is 11.6 Å². The zero-order chi connectivity index (χ0) is 19.9. The molecule has 0 fully saturated rings. The van der Waals surface area contributed by atoms with Gasteiger partial charge in [0.2, 0.25) is 0 Å². The molecule has 3 aromatic heterocycles. The Bertz CT molecular complexity index is 1170. The van der Waals surface area contributed by atoms with E-state index in [4.69, 9.17) is 0 Å². The highest BCUT2D eigenvalue weighted by Gasteiger charge is 2.17. The van der Waals surface area contributed by atoms with Crippen molar-refractivity contribution in [2.75, 3.05) is 6.54 Å². The Morgan fingerprint density at radius 3 is 2.56 bits per heavy atom. The molecule has 0 aliphatic carbocycles.